The molecule has 0 aromatic heterocycles. The molecule has 1 N–H and O–H groups in total. The first-order valence-corrected chi connectivity index (χ1v) is 11.0. The second-order valence-electron chi connectivity index (χ2n) is 6.96. The van der Waals surface area contributed by atoms with Crippen molar-refractivity contribution in [2.75, 3.05) is 12.4 Å². The molecule has 0 aliphatic carbocycles. The van der Waals surface area contributed by atoms with E-state index in [0.29, 0.717) is 5.75 Å². The SMILES string of the molecule is CCc1cccc(/C(=C\CSc2ccc(OCC(=O)O)cc2C)c2ccccc2)c1. The minimum Gasteiger partial charge on any atom is -0.482 e. The molecule has 0 atom stereocenters. The van der Waals surface area contributed by atoms with Gasteiger partial charge in [-0.3, -0.25) is 0 Å². The largest absolute Gasteiger partial charge is 0.482 e. The summed E-state index contributed by atoms with van der Waals surface area (Å²) in [7, 11) is 0. The zero-order valence-electron chi connectivity index (χ0n) is 17.3. The predicted octanol–water partition coefficient (Wildman–Crippen LogP) is 6.24. The van der Waals surface area contributed by atoms with Gasteiger partial charge in [0.15, 0.2) is 6.61 Å². The van der Waals surface area contributed by atoms with Gasteiger partial charge >= 0.3 is 5.97 Å². The maximum atomic E-state index is 10.7. The van der Waals surface area contributed by atoms with E-state index in [0.717, 1.165) is 22.6 Å². The van der Waals surface area contributed by atoms with Gasteiger partial charge in [0.1, 0.15) is 5.75 Å². The van der Waals surface area contributed by atoms with Gasteiger partial charge in [-0.2, -0.15) is 0 Å². The van der Waals surface area contributed by atoms with E-state index in [2.05, 4.69) is 61.5 Å². The highest BCUT2D eigenvalue weighted by Gasteiger charge is 2.07. The normalized spacial score (nSPS) is 11.3. The fraction of sp³-hybridized carbons (Fsp3) is 0.192. The number of carboxylic acid groups (broad SMARTS) is 1. The van der Waals surface area contributed by atoms with E-state index in [-0.39, 0.29) is 6.61 Å². The lowest BCUT2D eigenvalue weighted by Crippen LogP contribution is -2.09. The molecule has 0 bridgehead atoms. The number of carbonyl (C=O) groups is 1. The number of aryl methyl sites for hydroxylation is 2. The van der Waals surface area contributed by atoms with Gasteiger partial charge in [-0.05, 0) is 59.4 Å². The Labute approximate surface area is 182 Å². The Hall–Kier alpha value is -2.98. The predicted molar refractivity (Wildman–Crippen MR) is 124 cm³/mol. The average molecular weight is 419 g/mol. The Morgan fingerprint density at radius 2 is 1.77 bits per heavy atom. The summed E-state index contributed by atoms with van der Waals surface area (Å²) >= 11 is 1.76. The molecule has 0 spiro atoms. The van der Waals surface area contributed by atoms with Crippen LogP contribution in [0.15, 0.2) is 83.8 Å². The number of aliphatic carboxylic acids is 1. The van der Waals surface area contributed by atoms with Gasteiger partial charge in [0, 0.05) is 10.6 Å². The fourth-order valence-corrected chi connectivity index (χ4v) is 4.09. The summed E-state index contributed by atoms with van der Waals surface area (Å²) in [4.78, 5) is 11.8. The van der Waals surface area contributed by atoms with Crippen LogP contribution in [0, 0.1) is 6.92 Å². The molecule has 30 heavy (non-hydrogen) atoms. The van der Waals surface area contributed by atoms with Crippen LogP contribution < -0.4 is 4.74 Å². The highest BCUT2D eigenvalue weighted by Crippen LogP contribution is 2.29. The van der Waals surface area contributed by atoms with Crippen LogP contribution in [0.1, 0.15) is 29.2 Å². The van der Waals surface area contributed by atoms with Crippen LogP contribution in [0.2, 0.25) is 0 Å². The number of thioether (sulfide) groups is 1. The van der Waals surface area contributed by atoms with Crippen molar-refractivity contribution in [3.05, 3.63) is 101 Å². The Morgan fingerprint density at radius 3 is 2.47 bits per heavy atom. The number of hydrogen-bond acceptors (Lipinski definition) is 3. The van der Waals surface area contributed by atoms with E-state index in [1.54, 1.807) is 11.8 Å². The molecular weight excluding hydrogens is 392 g/mol. The van der Waals surface area contributed by atoms with Crippen LogP contribution in [0.4, 0.5) is 0 Å². The molecule has 0 heterocycles. The van der Waals surface area contributed by atoms with Crippen molar-refractivity contribution in [3.8, 4) is 5.75 Å². The van der Waals surface area contributed by atoms with Crippen LogP contribution in [0.5, 0.6) is 5.75 Å². The highest BCUT2D eigenvalue weighted by atomic mass is 32.2. The summed E-state index contributed by atoms with van der Waals surface area (Å²) in [5.41, 5.74) is 6.08. The third-order valence-electron chi connectivity index (χ3n) is 4.77. The Kier molecular flexibility index (Phi) is 7.75. The molecule has 0 aliphatic heterocycles. The lowest BCUT2D eigenvalue weighted by molar-refractivity contribution is -0.139. The zero-order chi connectivity index (χ0) is 21.3. The maximum absolute atomic E-state index is 10.7. The van der Waals surface area contributed by atoms with Crippen molar-refractivity contribution < 1.29 is 14.6 Å². The van der Waals surface area contributed by atoms with Crippen LogP contribution in [0.25, 0.3) is 5.57 Å². The van der Waals surface area contributed by atoms with Crippen molar-refractivity contribution in [1.82, 2.24) is 0 Å². The minimum absolute atomic E-state index is 0.327. The maximum Gasteiger partial charge on any atom is 0.341 e. The summed E-state index contributed by atoms with van der Waals surface area (Å²) in [6.45, 7) is 3.86. The molecule has 4 heteroatoms. The summed E-state index contributed by atoms with van der Waals surface area (Å²) in [6.07, 6.45) is 3.29. The van der Waals surface area contributed by atoms with Gasteiger partial charge in [-0.25, -0.2) is 4.79 Å². The number of rotatable bonds is 9. The Balaban J connectivity index is 1.79. The quantitative estimate of drug-likeness (QED) is 0.418. The number of benzene rings is 3. The summed E-state index contributed by atoms with van der Waals surface area (Å²) in [5.74, 6) is 0.435. The van der Waals surface area contributed by atoms with Crippen molar-refractivity contribution >= 4 is 23.3 Å². The Morgan fingerprint density at radius 1 is 1.00 bits per heavy atom. The molecule has 0 amide bonds. The molecule has 0 unspecified atom stereocenters. The summed E-state index contributed by atoms with van der Waals surface area (Å²) < 4.78 is 5.26. The van der Waals surface area contributed by atoms with Crippen LogP contribution in [-0.2, 0) is 11.2 Å². The van der Waals surface area contributed by atoms with Crippen molar-refractivity contribution in [2.45, 2.75) is 25.2 Å². The first-order chi connectivity index (χ1) is 14.6. The van der Waals surface area contributed by atoms with E-state index >= 15 is 0 Å². The molecule has 0 radical (unpaired) electrons. The molecule has 0 saturated heterocycles. The van der Waals surface area contributed by atoms with E-state index in [1.165, 1.54) is 22.3 Å². The van der Waals surface area contributed by atoms with Gasteiger partial charge < -0.3 is 9.84 Å². The second kappa shape index (κ2) is 10.7. The fourth-order valence-electron chi connectivity index (χ4n) is 3.21. The van der Waals surface area contributed by atoms with Crippen LogP contribution in [0.3, 0.4) is 0 Å². The van der Waals surface area contributed by atoms with E-state index in [4.69, 9.17) is 9.84 Å². The van der Waals surface area contributed by atoms with Gasteiger partial charge in [0.2, 0.25) is 0 Å². The standard InChI is InChI=1S/C26H26O3S/c1-3-20-8-7-11-22(17-20)24(21-9-5-4-6-10-21)14-15-30-25-13-12-23(16-19(25)2)29-18-26(27)28/h4-14,16-17H,3,15,18H2,1-2H3,(H,27,28)/b24-14-. The van der Waals surface area contributed by atoms with E-state index < -0.39 is 5.97 Å². The van der Waals surface area contributed by atoms with Gasteiger partial charge in [-0.1, -0.05) is 67.6 Å². The van der Waals surface area contributed by atoms with Crippen molar-refractivity contribution in [3.63, 3.8) is 0 Å². The molecule has 0 aliphatic rings. The van der Waals surface area contributed by atoms with E-state index in [9.17, 15) is 4.79 Å². The molecular formula is C26H26O3S. The molecule has 3 aromatic carbocycles. The lowest BCUT2D eigenvalue weighted by atomic mass is 9.96. The molecule has 154 valence electrons. The first-order valence-electron chi connectivity index (χ1n) is 9.99. The summed E-state index contributed by atoms with van der Waals surface area (Å²) in [5, 5.41) is 8.75. The van der Waals surface area contributed by atoms with Gasteiger partial charge in [0.05, 0.1) is 0 Å². The lowest BCUT2D eigenvalue weighted by Gasteiger charge is -2.11. The van der Waals surface area contributed by atoms with Crippen molar-refractivity contribution in [1.29, 1.82) is 0 Å². The van der Waals surface area contributed by atoms with Gasteiger partial charge in [-0.15, -0.1) is 11.8 Å². The van der Waals surface area contributed by atoms with Crippen LogP contribution >= 0.6 is 11.8 Å². The topological polar surface area (TPSA) is 46.5 Å². The minimum atomic E-state index is -0.975. The number of carboxylic acids is 1. The van der Waals surface area contributed by atoms with E-state index in [1.807, 2.05) is 31.2 Å². The monoisotopic (exact) mass is 418 g/mol. The summed E-state index contributed by atoms with van der Waals surface area (Å²) in [6, 6.07) is 24.9. The first kappa shape index (κ1) is 21.7. The number of ether oxygens (including phenoxy) is 1. The molecule has 3 rings (SSSR count). The molecule has 3 aromatic rings. The number of hydrogen-bond donors (Lipinski definition) is 1. The van der Waals surface area contributed by atoms with Crippen LogP contribution in [-0.4, -0.2) is 23.4 Å². The van der Waals surface area contributed by atoms with Crippen molar-refractivity contribution in [2.24, 2.45) is 0 Å². The third-order valence-corrected chi connectivity index (χ3v) is 5.87. The molecule has 3 nitrogen and oxygen atoms in total. The Bertz CT molecular complexity index is 1030. The second-order valence-corrected chi connectivity index (χ2v) is 8.02. The highest BCUT2D eigenvalue weighted by molar-refractivity contribution is 7.99. The average Bonchev–Trinajstić information content (AvgIpc) is 2.77. The zero-order valence-corrected chi connectivity index (χ0v) is 18.1. The smallest absolute Gasteiger partial charge is 0.341 e. The van der Waals surface area contributed by atoms with Gasteiger partial charge in [0.25, 0.3) is 0 Å². The third kappa shape index (κ3) is 6.01. The molecule has 0 fully saturated rings. The molecule has 0 saturated carbocycles.